The van der Waals surface area contributed by atoms with Crippen LogP contribution < -0.4 is 10.2 Å². The van der Waals surface area contributed by atoms with Gasteiger partial charge in [0.15, 0.2) is 0 Å². The third-order valence-electron chi connectivity index (χ3n) is 5.73. The van der Waals surface area contributed by atoms with Gasteiger partial charge in [-0.25, -0.2) is 5.43 Å². The third kappa shape index (κ3) is 5.70. The molecule has 0 saturated heterocycles. The van der Waals surface area contributed by atoms with E-state index in [-0.39, 0.29) is 11.7 Å². The van der Waals surface area contributed by atoms with E-state index in [9.17, 15) is 4.79 Å². The number of carbonyl (C=O) groups excluding carboxylic acids is 1. The molecule has 6 heteroatoms. The molecule has 0 bridgehead atoms. The number of fused-ring (bicyclic) bond motifs is 2. The van der Waals surface area contributed by atoms with Crippen LogP contribution >= 0.6 is 23.4 Å². The smallest absolute Gasteiger partial charge is 0.250 e. The second-order valence-corrected chi connectivity index (χ2v) is 9.63. The number of hydrazone groups is 1. The van der Waals surface area contributed by atoms with Crippen molar-refractivity contribution in [2.45, 2.75) is 11.5 Å². The number of halogens is 1. The molecular formula is C30H23ClN2O2S. The molecule has 0 heterocycles. The molecule has 0 aromatic heterocycles. The molecule has 0 spiro atoms. The molecule has 0 aliphatic heterocycles. The van der Waals surface area contributed by atoms with Gasteiger partial charge in [-0.05, 0) is 51.4 Å². The van der Waals surface area contributed by atoms with Crippen LogP contribution in [0.3, 0.4) is 0 Å². The Hall–Kier alpha value is -3.80. The Balaban J connectivity index is 1.29. The first-order valence-electron chi connectivity index (χ1n) is 11.5. The number of ether oxygens (including phenoxy) is 1. The van der Waals surface area contributed by atoms with E-state index in [0.29, 0.717) is 17.4 Å². The molecule has 5 aromatic rings. The maximum Gasteiger partial charge on any atom is 0.250 e. The van der Waals surface area contributed by atoms with Crippen LogP contribution in [0.1, 0.15) is 11.1 Å². The number of nitrogens with zero attached hydrogens (tertiary/aromatic N) is 1. The number of hydrogen-bond acceptors (Lipinski definition) is 4. The molecule has 1 amide bonds. The van der Waals surface area contributed by atoms with Gasteiger partial charge >= 0.3 is 0 Å². The lowest BCUT2D eigenvalue weighted by molar-refractivity contribution is -0.118. The average molecular weight is 511 g/mol. The molecule has 5 aromatic carbocycles. The summed E-state index contributed by atoms with van der Waals surface area (Å²) in [5.41, 5.74) is 4.48. The maximum absolute atomic E-state index is 12.5. The van der Waals surface area contributed by atoms with Gasteiger partial charge in [0.25, 0.3) is 0 Å². The van der Waals surface area contributed by atoms with Crippen LogP contribution in [0.5, 0.6) is 5.75 Å². The zero-order valence-corrected chi connectivity index (χ0v) is 20.9. The molecular weight excluding hydrogens is 488 g/mol. The fourth-order valence-electron chi connectivity index (χ4n) is 3.94. The minimum Gasteiger partial charge on any atom is -0.488 e. The minimum atomic E-state index is -0.173. The van der Waals surface area contributed by atoms with E-state index in [1.807, 2.05) is 84.9 Å². The summed E-state index contributed by atoms with van der Waals surface area (Å²) in [5, 5.41) is 9.30. The van der Waals surface area contributed by atoms with Crippen LogP contribution in [-0.4, -0.2) is 17.9 Å². The summed E-state index contributed by atoms with van der Waals surface area (Å²) in [6.07, 6.45) is 1.65. The van der Waals surface area contributed by atoms with E-state index in [0.717, 1.165) is 37.6 Å². The van der Waals surface area contributed by atoms with Crippen LogP contribution in [0.4, 0.5) is 0 Å². The molecule has 0 unspecified atom stereocenters. The van der Waals surface area contributed by atoms with Crippen molar-refractivity contribution in [2.75, 3.05) is 5.75 Å². The van der Waals surface area contributed by atoms with Gasteiger partial charge in [-0.2, -0.15) is 5.10 Å². The second-order valence-electron chi connectivity index (χ2n) is 8.17. The van der Waals surface area contributed by atoms with Crippen molar-refractivity contribution in [1.82, 2.24) is 5.43 Å². The topological polar surface area (TPSA) is 50.7 Å². The lowest BCUT2D eigenvalue weighted by Crippen LogP contribution is -2.19. The minimum absolute atomic E-state index is 0.173. The molecule has 178 valence electrons. The largest absolute Gasteiger partial charge is 0.488 e. The van der Waals surface area contributed by atoms with Gasteiger partial charge in [-0.1, -0.05) is 90.5 Å². The number of thioether (sulfide) groups is 1. The standard InChI is InChI=1S/C30H23ClN2O2S/c31-24-15-12-21(13-16-24)19-35-28-17-14-23-7-1-3-9-25(23)27(28)18-32-33-30(34)20-36-29-11-5-8-22-6-2-4-10-26(22)29/h1-18H,19-20H2,(H,33,34)/b32-18-. The van der Waals surface area contributed by atoms with Crippen LogP contribution in [0.25, 0.3) is 21.5 Å². The monoisotopic (exact) mass is 510 g/mol. The van der Waals surface area contributed by atoms with Crippen LogP contribution in [0.15, 0.2) is 113 Å². The van der Waals surface area contributed by atoms with Gasteiger partial charge < -0.3 is 4.74 Å². The van der Waals surface area contributed by atoms with Crippen molar-refractivity contribution in [3.05, 3.63) is 119 Å². The Labute approximate surface area is 218 Å². The summed E-state index contributed by atoms with van der Waals surface area (Å²) in [5.74, 6) is 0.778. The first-order chi connectivity index (χ1) is 17.7. The van der Waals surface area contributed by atoms with Gasteiger partial charge in [0.2, 0.25) is 5.91 Å². The quantitative estimate of drug-likeness (QED) is 0.134. The van der Waals surface area contributed by atoms with E-state index in [4.69, 9.17) is 16.3 Å². The highest BCUT2D eigenvalue weighted by atomic mass is 35.5. The van der Waals surface area contributed by atoms with Crippen molar-refractivity contribution in [1.29, 1.82) is 0 Å². The molecule has 0 aliphatic carbocycles. The third-order valence-corrected chi connectivity index (χ3v) is 7.06. The first-order valence-corrected chi connectivity index (χ1v) is 12.9. The summed E-state index contributed by atoms with van der Waals surface area (Å²) in [4.78, 5) is 13.6. The zero-order valence-electron chi connectivity index (χ0n) is 19.4. The molecule has 0 radical (unpaired) electrons. The summed E-state index contributed by atoms with van der Waals surface area (Å²) >= 11 is 7.49. The Morgan fingerprint density at radius 1 is 0.833 bits per heavy atom. The van der Waals surface area contributed by atoms with Crippen LogP contribution in [0, 0.1) is 0 Å². The van der Waals surface area contributed by atoms with Crippen molar-refractivity contribution < 1.29 is 9.53 Å². The fraction of sp³-hybridized carbons (Fsp3) is 0.0667. The van der Waals surface area contributed by atoms with Gasteiger partial charge in [-0.3, -0.25) is 4.79 Å². The molecule has 1 N–H and O–H groups in total. The summed E-state index contributed by atoms with van der Waals surface area (Å²) in [7, 11) is 0. The van der Waals surface area contributed by atoms with E-state index in [1.165, 1.54) is 11.8 Å². The first kappa shape index (κ1) is 23.9. The van der Waals surface area contributed by atoms with Crippen molar-refractivity contribution >= 4 is 57.0 Å². The van der Waals surface area contributed by atoms with Gasteiger partial charge in [0.1, 0.15) is 12.4 Å². The Morgan fingerprint density at radius 3 is 2.33 bits per heavy atom. The second kappa shape index (κ2) is 11.3. The van der Waals surface area contributed by atoms with E-state index in [2.05, 4.69) is 28.7 Å². The highest BCUT2D eigenvalue weighted by molar-refractivity contribution is 8.00. The molecule has 0 aliphatic rings. The molecule has 36 heavy (non-hydrogen) atoms. The number of nitrogens with one attached hydrogen (secondary N) is 1. The predicted octanol–water partition coefficient (Wildman–Crippen LogP) is 7.47. The van der Waals surface area contributed by atoms with Gasteiger partial charge in [0, 0.05) is 15.5 Å². The average Bonchev–Trinajstić information content (AvgIpc) is 2.92. The Kier molecular flexibility index (Phi) is 7.50. The summed E-state index contributed by atoms with van der Waals surface area (Å²) in [6, 6.07) is 33.8. The number of hydrogen-bond donors (Lipinski definition) is 1. The lowest BCUT2D eigenvalue weighted by Gasteiger charge is -2.12. The predicted molar refractivity (Wildman–Crippen MR) is 150 cm³/mol. The number of amides is 1. The Bertz CT molecular complexity index is 1550. The summed E-state index contributed by atoms with van der Waals surface area (Å²) in [6.45, 7) is 0.393. The van der Waals surface area contributed by atoms with Gasteiger partial charge in [-0.15, -0.1) is 11.8 Å². The molecule has 0 atom stereocenters. The lowest BCUT2D eigenvalue weighted by atomic mass is 10.0. The van der Waals surface area contributed by atoms with Gasteiger partial charge in [0.05, 0.1) is 12.0 Å². The SMILES string of the molecule is O=C(CSc1cccc2ccccc12)N/N=C\c1c(OCc2ccc(Cl)cc2)ccc2ccccc12. The number of benzene rings is 5. The van der Waals surface area contributed by atoms with Crippen LogP contribution in [0.2, 0.25) is 5.02 Å². The van der Waals surface area contributed by atoms with Crippen molar-refractivity contribution in [2.24, 2.45) is 5.10 Å². The fourth-order valence-corrected chi connectivity index (χ4v) is 4.94. The van der Waals surface area contributed by atoms with Crippen LogP contribution in [-0.2, 0) is 11.4 Å². The highest BCUT2D eigenvalue weighted by Crippen LogP contribution is 2.29. The number of carbonyl (C=O) groups is 1. The number of rotatable bonds is 8. The Morgan fingerprint density at radius 2 is 1.53 bits per heavy atom. The van der Waals surface area contributed by atoms with E-state index >= 15 is 0 Å². The molecule has 0 fully saturated rings. The normalized spacial score (nSPS) is 11.2. The zero-order chi connectivity index (χ0) is 24.7. The van der Waals surface area contributed by atoms with E-state index < -0.39 is 0 Å². The molecule has 4 nitrogen and oxygen atoms in total. The molecule has 0 saturated carbocycles. The van der Waals surface area contributed by atoms with Crippen molar-refractivity contribution in [3.8, 4) is 5.75 Å². The highest BCUT2D eigenvalue weighted by Gasteiger charge is 2.09. The maximum atomic E-state index is 12.5. The summed E-state index contributed by atoms with van der Waals surface area (Å²) < 4.78 is 6.12. The molecule has 5 rings (SSSR count). The van der Waals surface area contributed by atoms with E-state index in [1.54, 1.807) is 6.21 Å². The van der Waals surface area contributed by atoms with Crippen molar-refractivity contribution in [3.63, 3.8) is 0 Å².